The third-order valence-corrected chi connectivity index (χ3v) is 2.82. The van der Waals surface area contributed by atoms with Crippen LogP contribution in [0.5, 0.6) is 0 Å². The zero-order valence-corrected chi connectivity index (χ0v) is 11.0. The number of rotatable bonds is 1. The lowest BCUT2D eigenvalue weighted by Crippen LogP contribution is -2.45. The van der Waals surface area contributed by atoms with E-state index in [1.165, 1.54) is 0 Å². The summed E-state index contributed by atoms with van der Waals surface area (Å²) >= 11 is 0. The van der Waals surface area contributed by atoms with Crippen molar-refractivity contribution >= 4 is 6.09 Å². The Balaban J connectivity index is 2.17. The maximum atomic E-state index is 12.1. The zero-order valence-electron chi connectivity index (χ0n) is 11.0. The van der Waals surface area contributed by atoms with Crippen LogP contribution in [0.2, 0.25) is 0 Å². The van der Waals surface area contributed by atoms with Crippen LogP contribution in [0.3, 0.4) is 0 Å². The molecule has 0 radical (unpaired) electrons. The zero-order chi connectivity index (χ0) is 13.3. The van der Waals surface area contributed by atoms with Crippen molar-refractivity contribution in [2.75, 3.05) is 13.2 Å². The van der Waals surface area contributed by atoms with Crippen molar-refractivity contribution < 1.29 is 14.6 Å². The SMILES string of the molecule is CC(C)(C)OC(=O)N1CCn2nccc2C1CO. The third-order valence-electron chi connectivity index (χ3n) is 2.82. The number of ether oxygens (including phenoxy) is 1. The summed E-state index contributed by atoms with van der Waals surface area (Å²) in [6.45, 7) is 6.46. The summed E-state index contributed by atoms with van der Waals surface area (Å²) in [5.41, 5.74) is 0.309. The molecule has 1 N–H and O–H groups in total. The van der Waals surface area contributed by atoms with Gasteiger partial charge in [-0.2, -0.15) is 5.10 Å². The quantitative estimate of drug-likeness (QED) is 0.815. The Morgan fingerprint density at radius 2 is 2.28 bits per heavy atom. The molecule has 2 heterocycles. The fourth-order valence-corrected chi connectivity index (χ4v) is 2.06. The first-order valence-electron chi connectivity index (χ1n) is 6.04. The van der Waals surface area contributed by atoms with E-state index in [9.17, 15) is 9.90 Å². The number of amides is 1. The van der Waals surface area contributed by atoms with E-state index in [-0.39, 0.29) is 12.6 Å². The Morgan fingerprint density at radius 3 is 2.89 bits per heavy atom. The second kappa shape index (κ2) is 4.61. The van der Waals surface area contributed by atoms with Crippen molar-refractivity contribution in [3.63, 3.8) is 0 Å². The number of carbonyl (C=O) groups is 1. The topological polar surface area (TPSA) is 67.6 Å². The average molecular weight is 253 g/mol. The van der Waals surface area contributed by atoms with Crippen LogP contribution in [0.1, 0.15) is 32.5 Å². The van der Waals surface area contributed by atoms with E-state index in [1.54, 1.807) is 11.1 Å². The summed E-state index contributed by atoms with van der Waals surface area (Å²) in [4.78, 5) is 13.6. The molecule has 0 aliphatic carbocycles. The third kappa shape index (κ3) is 2.48. The molecule has 0 aromatic carbocycles. The minimum atomic E-state index is -0.533. The van der Waals surface area contributed by atoms with Gasteiger partial charge in [0, 0.05) is 12.7 Å². The van der Waals surface area contributed by atoms with Crippen LogP contribution < -0.4 is 0 Å². The lowest BCUT2D eigenvalue weighted by atomic mass is 10.1. The Kier molecular flexibility index (Phi) is 3.30. The van der Waals surface area contributed by atoms with Crippen molar-refractivity contribution in [1.29, 1.82) is 0 Å². The van der Waals surface area contributed by atoms with Crippen molar-refractivity contribution in [1.82, 2.24) is 14.7 Å². The number of carbonyl (C=O) groups excluding carboxylic acids is 1. The fraction of sp³-hybridized carbons (Fsp3) is 0.667. The number of hydrogen-bond donors (Lipinski definition) is 1. The number of nitrogens with zero attached hydrogens (tertiary/aromatic N) is 3. The number of fused-ring (bicyclic) bond motifs is 1. The summed E-state index contributed by atoms with van der Waals surface area (Å²) in [7, 11) is 0. The molecule has 0 fully saturated rings. The minimum absolute atomic E-state index is 0.134. The first-order valence-corrected chi connectivity index (χ1v) is 6.04. The van der Waals surface area contributed by atoms with Crippen LogP contribution in [0.4, 0.5) is 4.79 Å². The maximum Gasteiger partial charge on any atom is 0.411 e. The van der Waals surface area contributed by atoms with E-state index >= 15 is 0 Å². The van der Waals surface area contributed by atoms with Gasteiger partial charge in [-0.1, -0.05) is 0 Å². The van der Waals surface area contributed by atoms with Gasteiger partial charge in [0.15, 0.2) is 0 Å². The Morgan fingerprint density at radius 1 is 1.56 bits per heavy atom. The largest absolute Gasteiger partial charge is 0.444 e. The molecule has 1 aliphatic rings. The molecule has 1 aromatic heterocycles. The van der Waals surface area contributed by atoms with Gasteiger partial charge in [0.2, 0.25) is 0 Å². The highest BCUT2D eigenvalue weighted by Crippen LogP contribution is 2.26. The second-order valence-electron chi connectivity index (χ2n) is 5.35. The second-order valence-corrected chi connectivity index (χ2v) is 5.35. The van der Waals surface area contributed by atoms with Gasteiger partial charge in [-0.05, 0) is 26.8 Å². The van der Waals surface area contributed by atoms with Crippen LogP contribution in [0.25, 0.3) is 0 Å². The van der Waals surface area contributed by atoms with Crippen molar-refractivity contribution in [3.05, 3.63) is 18.0 Å². The average Bonchev–Trinajstić information content (AvgIpc) is 2.72. The van der Waals surface area contributed by atoms with Crippen molar-refractivity contribution in [2.45, 2.75) is 39.0 Å². The lowest BCUT2D eigenvalue weighted by Gasteiger charge is -2.36. The summed E-state index contributed by atoms with van der Waals surface area (Å²) in [5.74, 6) is 0. The minimum Gasteiger partial charge on any atom is -0.444 e. The number of aliphatic hydroxyl groups is 1. The van der Waals surface area contributed by atoms with Crippen LogP contribution in [-0.2, 0) is 11.3 Å². The van der Waals surface area contributed by atoms with E-state index in [0.717, 1.165) is 5.69 Å². The molecule has 0 bridgehead atoms. The summed E-state index contributed by atoms with van der Waals surface area (Å²) < 4.78 is 7.15. The first-order chi connectivity index (χ1) is 8.42. The fourth-order valence-electron chi connectivity index (χ4n) is 2.06. The van der Waals surface area contributed by atoms with Gasteiger partial charge in [0.1, 0.15) is 11.6 Å². The Hall–Kier alpha value is -1.56. The van der Waals surface area contributed by atoms with Gasteiger partial charge in [0.25, 0.3) is 0 Å². The molecule has 1 aliphatic heterocycles. The molecular weight excluding hydrogens is 234 g/mol. The molecule has 1 atom stereocenters. The highest BCUT2D eigenvalue weighted by molar-refractivity contribution is 5.69. The van der Waals surface area contributed by atoms with Crippen LogP contribution >= 0.6 is 0 Å². The van der Waals surface area contributed by atoms with Gasteiger partial charge >= 0.3 is 6.09 Å². The van der Waals surface area contributed by atoms with Gasteiger partial charge in [-0.15, -0.1) is 0 Å². The van der Waals surface area contributed by atoms with E-state index < -0.39 is 11.7 Å². The standard InChI is InChI=1S/C12H19N3O3/c1-12(2,3)18-11(17)14-6-7-15-9(4-5-13-15)10(14)8-16/h4-5,10,16H,6-8H2,1-3H3. The van der Waals surface area contributed by atoms with Crippen LogP contribution in [0.15, 0.2) is 12.3 Å². The summed E-state index contributed by atoms with van der Waals surface area (Å²) in [5, 5.41) is 13.6. The number of hydrogen-bond acceptors (Lipinski definition) is 4. The molecule has 6 heteroatoms. The molecule has 0 spiro atoms. The van der Waals surface area contributed by atoms with Gasteiger partial charge in [-0.25, -0.2) is 4.79 Å². The predicted molar refractivity (Wildman–Crippen MR) is 65.0 cm³/mol. The molecule has 0 saturated heterocycles. The number of aliphatic hydroxyl groups excluding tert-OH is 1. The molecule has 2 rings (SSSR count). The smallest absolute Gasteiger partial charge is 0.411 e. The normalized spacial score (nSPS) is 19.6. The number of aromatic nitrogens is 2. The van der Waals surface area contributed by atoms with Gasteiger partial charge in [0.05, 0.1) is 18.8 Å². The molecule has 1 unspecified atom stereocenters. The highest BCUT2D eigenvalue weighted by Gasteiger charge is 2.33. The monoisotopic (exact) mass is 253 g/mol. The van der Waals surface area contributed by atoms with Crippen molar-refractivity contribution in [2.24, 2.45) is 0 Å². The Labute approximate surface area is 106 Å². The summed E-state index contributed by atoms with van der Waals surface area (Å²) in [6, 6.07) is 1.44. The molecule has 18 heavy (non-hydrogen) atoms. The van der Waals surface area contributed by atoms with Crippen LogP contribution in [0, 0.1) is 0 Å². The van der Waals surface area contributed by atoms with E-state index in [1.807, 2.05) is 31.5 Å². The molecule has 100 valence electrons. The highest BCUT2D eigenvalue weighted by atomic mass is 16.6. The predicted octanol–water partition coefficient (Wildman–Crippen LogP) is 1.17. The van der Waals surface area contributed by atoms with Gasteiger partial charge < -0.3 is 9.84 Å². The van der Waals surface area contributed by atoms with Gasteiger partial charge in [-0.3, -0.25) is 9.58 Å². The Bertz CT molecular complexity index is 436. The maximum absolute atomic E-state index is 12.1. The molecule has 6 nitrogen and oxygen atoms in total. The van der Waals surface area contributed by atoms with E-state index in [2.05, 4.69) is 5.10 Å². The van der Waals surface area contributed by atoms with Crippen molar-refractivity contribution in [3.8, 4) is 0 Å². The molecule has 0 saturated carbocycles. The first kappa shape index (κ1) is 12.9. The molecule has 1 aromatic rings. The molecular formula is C12H19N3O3. The van der Waals surface area contributed by atoms with Crippen LogP contribution in [-0.4, -0.2) is 44.6 Å². The van der Waals surface area contributed by atoms with E-state index in [4.69, 9.17) is 4.74 Å². The van der Waals surface area contributed by atoms with E-state index in [0.29, 0.717) is 13.1 Å². The molecule has 1 amide bonds. The summed E-state index contributed by atoms with van der Waals surface area (Å²) in [6.07, 6.45) is 1.28. The lowest BCUT2D eigenvalue weighted by molar-refractivity contribution is 0.00187.